The Kier molecular flexibility index (Phi) is 6.18. The lowest BCUT2D eigenvalue weighted by atomic mass is 9.83. The summed E-state index contributed by atoms with van der Waals surface area (Å²) in [4.78, 5) is 1.38. The Balaban J connectivity index is 2.13. The highest BCUT2D eigenvalue weighted by Gasteiger charge is 2.29. The molecule has 0 spiro atoms. The fraction of sp³-hybridized carbons (Fsp3) is 0.882. The molecule has 1 unspecified atom stereocenters. The topological polar surface area (TPSA) is 37.8 Å². The third-order valence-corrected chi connectivity index (χ3v) is 5.31. The number of nitrogens with zero attached hydrogens (tertiary/aromatic N) is 2. The second kappa shape index (κ2) is 7.68. The number of rotatable bonds is 6. The van der Waals surface area contributed by atoms with Gasteiger partial charge in [-0.1, -0.05) is 64.3 Å². The first-order chi connectivity index (χ1) is 10.0. The van der Waals surface area contributed by atoms with Gasteiger partial charge in [-0.25, -0.2) is 0 Å². The lowest BCUT2D eigenvalue weighted by Crippen LogP contribution is -2.27. The van der Waals surface area contributed by atoms with Crippen LogP contribution in [0.2, 0.25) is 0 Å². The van der Waals surface area contributed by atoms with Gasteiger partial charge in [0.25, 0.3) is 0 Å². The van der Waals surface area contributed by atoms with Crippen LogP contribution in [-0.2, 0) is 5.41 Å². The minimum absolute atomic E-state index is 0.0844. The average Bonchev–Trinajstić information content (AvgIpc) is 2.94. The maximum Gasteiger partial charge on any atom is 0.0857 e. The van der Waals surface area contributed by atoms with Crippen molar-refractivity contribution < 1.29 is 0 Å². The van der Waals surface area contributed by atoms with Gasteiger partial charge >= 0.3 is 0 Å². The molecule has 0 aliphatic heterocycles. The van der Waals surface area contributed by atoms with Crippen LogP contribution in [0.1, 0.15) is 89.3 Å². The molecule has 1 heterocycles. The summed E-state index contributed by atoms with van der Waals surface area (Å²) in [6, 6.07) is 0.447. The average molecular weight is 310 g/mol. The molecular formula is C17H31N3S. The fourth-order valence-corrected chi connectivity index (χ4v) is 4.25. The van der Waals surface area contributed by atoms with Crippen LogP contribution in [0.15, 0.2) is 0 Å². The van der Waals surface area contributed by atoms with E-state index in [1.165, 1.54) is 55.5 Å². The van der Waals surface area contributed by atoms with E-state index in [2.05, 4.69) is 42.6 Å². The van der Waals surface area contributed by atoms with E-state index in [1.54, 1.807) is 11.5 Å². The van der Waals surface area contributed by atoms with Gasteiger partial charge < -0.3 is 5.32 Å². The zero-order valence-electron chi connectivity index (χ0n) is 14.1. The van der Waals surface area contributed by atoms with E-state index in [-0.39, 0.29) is 5.41 Å². The van der Waals surface area contributed by atoms with Crippen LogP contribution in [-0.4, -0.2) is 16.1 Å². The summed E-state index contributed by atoms with van der Waals surface area (Å²) in [6.45, 7) is 10.0. The van der Waals surface area contributed by atoms with Gasteiger partial charge in [0.15, 0.2) is 0 Å². The third kappa shape index (κ3) is 4.75. The second-order valence-corrected chi connectivity index (χ2v) is 8.27. The van der Waals surface area contributed by atoms with E-state index >= 15 is 0 Å². The Hall–Kier alpha value is -0.480. The number of aromatic nitrogens is 2. The van der Waals surface area contributed by atoms with Crippen LogP contribution >= 0.6 is 11.5 Å². The lowest BCUT2D eigenvalue weighted by molar-refractivity contribution is 0.300. The Morgan fingerprint density at radius 1 is 1.24 bits per heavy atom. The zero-order valence-corrected chi connectivity index (χ0v) is 14.9. The summed E-state index contributed by atoms with van der Waals surface area (Å²) >= 11 is 1.60. The molecule has 1 aromatic heterocycles. The summed E-state index contributed by atoms with van der Waals surface area (Å²) in [5, 5.41) is 8.20. The van der Waals surface area contributed by atoms with Gasteiger partial charge in [-0.2, -0.15) is 0 Å². The molecule has 4 heteroatoms. The molecular weight excluding hydrogens is 278 g/mol. The molecule has 1 aliphatic rings. The molecule has 0 amide bonds. The van der Waals surface area contributed by atoms with Crippen molar-refractivity contribution in [3.8, 4) is 0 Å². The maximum atomic E-state index is 4.44. The molecule has 0 saturated heterocycles. The van der Waals surface area contributed by atoms with Crippen LogP contribution < -0.4 is 5.32 Å². The summed E-state index contributed by atoms with van der Waals surface area (Å²) in [6.07, 6.45) is 9.50. The molecule has 1 fully saturated rings. The minimum Gasteiger partial charge on any atom is -0.309 e. The summed E-state index contributed by atoms with van der Waals surface area (Å²) in [5.74, 6) is 0.878. The van der Waals surface area contributed by atoms with Crippen molar-refractivity contribution in [3.05, 3.63) is 10.6 Å². The van der Waals surface area contributed by atoms with Crippen molar-refractivity contribution in [2.24, 2.45) is 5.92 Å². The van der Waals surface area contributed by atoms with Crippen LogP contribution in [0.4, 0.5) is 0 Å². The molecule has 0 bridgehead atoms. The first-order valence-corrected chi connectivity index (χ1v) is 9.35. The zero-order chi connectivity index (χ0) is 15.3. The van der Waals surface area contributed by atoms with Crippen LogP contribution in [0.5, 0.6) is 0 Å². The number of hydrogen-bond acceptors (Lipinski definition) is 4. The van der Waals surface area contributed by atoms with Gasteiger partial charge in [0.2, 0.25) is 0 Å². The number of hydrogen-bond donors (Lipinski definition) is 1. The Morgan fingerprint density at radius 2 is 1.95 bits per heavy atom. The molecule has 0 radical (unpaired) electrons. The van der Waals surface area contributed by atoms with E-state index in [4.69, 9.17) is 0 Å². The molecule has 3 nitrogen and oxygen atoms in total. The summed E-state index contributed by atoms with van der Waals surface area (Å²) in [5.41, 5.74) is 1.28. The van der Waals surface area contributed by atoms with Crippen molar-refractivity contribution in [2.75, 3.05) is 6.54 Å². The smallest absolute Gasteiger partial charge is 0.0857 e. The molecule has 1 aliphatic carbocycles. The first-order valence-electron chi connectivity index (χ1n) is 8.58. The molecule has 21 heavy (non-hydrogen) atoms. The minimum atomic E-state index is 0.0844. The molecule has 1 aromatic rings. The Bertz CT molecular complexity index is 416. The second-order valence-electron chi connectivity index (χ2n) is 7.48. The highest BCUT2D eigenvalue weighted by Crippen LogP contribution is 2.36. The van der Waals surface area contributed by atoms with E-state index in [0.717, 1.165) is 12.5 Å². The van der Waals surface area contributed by atoms with Crippen LogP contribution in [0, 0.1) is 5.92 Å². The van der Waals surface area contributed by atoms with Gasteiger partial charge in [0.05, 0.1) is 10.6 Å². The SMILES string of the molecule is CCCNC(CC1CCCCC1)c1snnc1C(C)(C)C. The van der Waals surface area contributed by atoms with Crippen molar-refractivity contribution in [1.29, 1.82) is 0 Å². The third-order valence-electron chi connectivity index (χ3n) is 4.47. The van der Waals surface area contributed by atoms with Crippen molar-refractivity contribution in [2.45, 2.75) is 84.1 Å². The van der Waals surface area contributed by atoms with Gasteiger partial charge in [-0.15, -0.1) is 5.10 Å². The molecule has 1 N–H and O–H groups in total. The summed E-state index contributed by atoms with van der Waals surface area (Å²) < 4.78 is 4.26. The first kappa shape index (κ1) is 16.9. The van der Waals surface area contributed by atoms with E-state index in [0.29, 0.717) is 6.04 Å². The quantitative estimate of drug-likeness (QED) is 0.816. The summed E-state index contributed by atoms with van der Waals surface area (Å²) in [7, 11) is 0. The van der Waals surface area contributed by atoms with Gasteiger partial charge in [0, 0.05) is 11.5 Å². The Morgan fingerprint density at radius 3 is 2.57 bits per heavy atom. The van der Waals surface area contributed by atoms with Crippen LogP contribution in [0.25, 0.3) is 0 Å². The molecule has 1 saturated carbocycles. The van der Waals surface area contributed by atoms with Gasteiger partial charge in [-0.05, 0) is 36.8 Å². The maximum absolute atomic E-state index is 4.44. The highest BCUT2D eigenvalue weighted by atomic mass is 32.1. The molecule has 1 atom stereocenters. The molecule has 2 rings (SSSR count). The largest absolute Gasteiger partial charge is 0.309 e. The Labute approximate surface area is 134 Å². The molecule has 120 valence electrons. The normalized spacial score (nSPS) is 18.9. The van der Waals surface area contributed by atoms with Gasteiger partial charge in [-0.3, -0.25) is 0 Å². The van der Waals surface area contributed by atoms with Crippen molar-refractivity contribution in [3.63, 3.8) is 0 Å². The number of nitrogens with one attached hydrogen (secondary N) is 1. The lowest BCUT2D eigenvalue weighted by Gasteiger charge is -2.28. The van der Waals surface area contributed by atoms with Crippen molar-refractivity contribution in [1.82, 2.24) is 14.9 Å². The van der Waals surface area contributed by atoms with Crippen LogP contribution in [0.3, 0.4) is 0 Å². The van der Waals surface area contributed by atoms with E-state index in [1.807, 2.05) is 0 Å². The monoisotopic (exact) mass is 309 g/mol. The standard InChI is InChI=1S/C17H31N3S/c1-5-11-18-14(12-13-9-7-6-8-10-13)15-16(17(2,3)4)19-20-21-15/h13-14,18H,5-12H2,1-4H3. The fourth-order valence-electron chi connectivity index (χ4n) is 3.30. The van der Waals surface area contributed by atoms with E-state index in [9.17, 15) is 0 Å². The van der Waals surface area contributed by atoms with E-state index < -0.39 is 0 Å². The van der Waals surface area contributed by atoms with Gasteiger partial charge in [0.1, 0.15) is 0 Å². The highest BCUT2D eigenvalue weighted by molar-refractivity contribution is 7.05. The molecule has 0 aromatic carbocycles. The van der Waals surface area contributed by atoms with Crippen molar-refractivity contribution >= 4 is 11.5 Å². The predicted molar refractivity (Wildman–Crippen MR) is 90.8 cm³/mol. The predicted octanol–water partition coefficient (Wildman–Crippen LogP) is 4.85.